The molecule has 7 nitrogen and oxygen atoms in total. The number of aliphatic carboxylic acids is 1. The number of carboxylic acid groups (broad SMARTS) is 1. The zero-order valence-corrected chi connectivity index (χ0v) is 23.7. The Balaban J connectivity index is 0.00000507. The number of Topliss-reactive ketones (excluding diaryl/α,β-unsaturated/α-hetero) is 1. The summed E-state index contributed by atoms with van der Waals surface area (Å²) in [7, 11) is 0. The van der Waals surface area contributed by atoms with Crippen LogP contribution in [0.3, 0.4) is 0 Å². The number of aryl methyl sites for hydroxylation is 2. The van der Waals surface area contributed by atoms with E-state index in [1.807, 2.05) is 13.8 Å². The van der Waals surface area contributed by atoms with Gasteiger partial charge in [-0.1, -0.05) is 36.3 Å². The predicted molar refractivity (Wildman–Crippen MR) is 122 cm³/mol. The molecule has 2 aromatic heterocycles. The Bertz CT molecular complexity index is 1250. The van der Waals surface area contributed by atoms with Crippen LogP contribution in [-0.2, 0) is 28.6 Å². The summed E-state index contributed by atoms with van der Waals surface area (Å²) in [6.45, 7) is 5.65. The van der Waals surface area contributed by atoms with E-state index in [0.29, 0.717) is 23.7 Å². The van der Waals surface area contributed by atoms with E-state index in [-0.39, 0.29) is 53.7 Å². The van der Waals surface area contributed by atoms with Crippen LogP contribution in [0.5, 0.6) is 0 Å². The van der Waals surface area contributed by atoms with Gasteiger partial charge in [0, 0.05) is 37.2 Å². The summed E-state index contributed by atoms with van der Waals surface area (Å²) in [6.07, 6.45) is -5.61. The average molecular weight is 546 g/mol. The number of hydrogen-bond acceptors (Lipinski definition) is 7. The van der Waals surface area contributed by atoms with Gasteiger partial charge >= 0.3 is 35.7 Å². The number of carboxylic acids is 1. The van der Waals surface area contributed by atoms with E-state index in [1.54, 1.807) is 13.0 Å². The van der Waals surface area contributed by atoms with Crippen molar-refractivity contribution in [2.75, 3.05) is 0 Å². The fourth-order valence-electron chi connectivity index (χ4n) is 3.98. The van der Waals surface area contributed by atoms with Crippen molar-refractivity contribution in [2.24, 2.45) is 5.92 Å². The summed E-state index contributed by atoms with van der Waals surface area (Å²) in [5, 5.41) is 18.4. The van der Waals surface area contributed by atoms with E-state index in [2.05, 4.69) is 10.3 Å². The fraction of sp³-hybridized carbons (Fsp3) is 0.462. The Hall–Kier alpha value is -2.50. The van der Waals surface area contributed by atoms with Gasteiger partial charge in [0.15, 0.2) is 5.69 Å². The van der Waals surface area contributed by atoms with Gasteiger partial charge in [-0.05, 0) is 49.3 Å². The molecule has 38 heavy (non-hydrogen) atoms. The molecule has 0 aliphatic carbocycles. The SMILES string of the molecule is Cc1ccc(CC(=O)C[C@H](CCC(=O)[O-])c2noc(-c3cc(CCC(C)C)on3)c2C(F)(F)F)c(F)c1.[Na+]. The molecule has 12 heteroatoms. The second-order valence-electron chi connectivity index (χ2n) is 9.50. The van der Waals surface area contributed by atoms with Crippen molar-refractivity contribution in [3.8, 4) is 11.5 Å². The number of nitrogens with zero attached hydrogens (tertiary/aromatic N) is 2. The number of hydrogen-bond donors (Lipinski definition) is 0. The van der Waals surface area contributed by atoms with Gasteiger partial charge in [0.25, 0.3) is 0 Å². The molecule has 1 atom stereocenters. The van der Waals surface area contributed by atoms with Crippen molar-refractivity contribution in [3.63, 3.8) is 0 Å². The minimum atomic E-state index is -4.95. The van der Waals surface area contributed by atoms with Crippen molar-refractivity contribution in [3.05, 3.63) is 58.2 Å². The number of benzene rings is 1. The standard InChI is InChI=1S/C26H28F4N2O5.Na/c1-14(2)4-8-19-13-21(31-36-19)25-23(26(28,29)30)24(32-37-25)17(7-9-22(34)35)12-18(33)11-16-6-5-15(3)10-20(16)27;/h5-6,10,13-14,17H,4,7-9,11-12H2,1-3H3,(H,34,35);/q;+1/p-1/t17-;/m0./s1. The molecule has 3 aromatic rings. The third-order valence-electron chi connectivity index (χ3n) is 5.92. The molecule has 0 amide bonds. The van der Waals surface area contributed by atoms with Crippen LogP contribution in [0.1, 0.15) is 73.6 Å². The Morgan fingerprint density at radius 1 is 1.08 bits per heavy atom. The van der Waals surface area contributed by atoms with Crippen LogP contribution >= 0.6 is 0 Å². The summed E-state index contributed by atoms with van der Waals surface area (Å²) in [6, 6.07) is 5.62. The fourth-order valence-corrected chi connectivity index (χ4v) is 3.98. The number of rotatable bonds is 12. The molecule has 0 radical (unpaired) electrons. The third-order valence-corrected chi connectivity index (χ3v) is 5.92. The molecule has 0 unspecified atom stereocenters. The minimum absolute atomic E-state index is 0. The summed E-state index contributed by atoms with van der Waals surface area (Å²) in [5.41, 5.74) is -1.35. The molecule has 0 aliphatic rings. The first-order valence-corrected chi connectivity index (χ1v) is 11.8. The molecular formula is C26H27F4N2NaO5. The maximum absolute atomic E-state index is 14.2. The second kappa shape index (κ2) is 13.5. The smallest absolute Gasteiger partial charge is 0.550 e. The normalized spacial score (nSPS) is 12.4. The Morgan fingerprint density at radius 3 is 2.39 bits per heavy atom. The molecular weight excluding hydrogens is 519 g/mol. The van der Waals surface area contributed by atoms with Gasteiger partial charge in [-0.2, -0.15) is 13.2 Å². The predicted octanol–water partition coefficient (Wildman–Crippen LogP) is 2.20. The molecule has 3 rings (SSSR count). The number of alkyl halides is 3. The van der Waals surface area contributed by atoms with Crippen molar-refractivity contribution in [2.45, 2.75) is 71.4 Å². The molecule has 0 saturated carbocycles. The van der Waals surface area contributed by atoms with E-state index in [4.69, 9.17) is 9.05 Å². The summed E-state index contributed by atoms with van der Waals surface area (Å²) in [4.78, 5) is 23.8. The zero-order chi connectivity index (χ0) is 27.3. The number of halogens is 4. The third kappa shape index (κ3) is 8.51. The van der Waals surface area contributed by atoms with Gasteiger partial charge in [-0.25, -0.2) is 4.39 Å². The largest absolute Gasteiger partial charge is 1.00 e. The first kappa shape index (κ1) is 31.7. The first-order chi connectivity index (χ1) is 17.3. The van der Waals surface area contributed by atoms with Crippen LogP contribution in [0.4, 0.5) is 17.6 Å². The molecule has 0 saturated heterocycles. The van der Waals surface area contributed by atoms with E-state index >= 15 is 0 Å². The molecule has 0 N–H and O–H groups in total. The van der Waals surface area contributed by atoms with Gasteiger partial charge in [0.2, 0.25) is 5.76 Å². The average Bonchev–Trinajstić information content (AvgIpc) is 3.44. The van der Waals surface area contributed by atoms with Crippen molar-refractivity contribution < 1.29 is 70.9 Å². The van der Waals surface area contributed by atoms with E-state index in [1.165, 1.54) is 18.2 Å². The van der Waals surface area contributed by atoms with Gasteiger partial charge in [-0.15, -0.1) is 0 Å². The second-order valence-corrected chi connectivity index (χ2v) is 9.50. The Kier molecular flexibility index (Phi) is 11.3. The van der Waals surface area contributed by atoms with Crippen LogP contribution in [0.2, 0.25) is 0 Å². The molecule has 0 aliphatic heterocycles. The quantitative estimate of drug-likeness (QED) is 0.253. The molecule has 0 bridgehead atoms. The van der Waals surface area contributed by atoms with E-state index in [0.717, 1.165) is 6.42 Å². The summed E-state index contributed by atoms with van der Waals surface area (Å²) in [5.74, 6) is -3.92. The zero-order valence-electron chi connectivity index (χ0n) is 21.7. The molecule has 1 aromatic carbocycles. The van der Waals surface area contributed by atoms with Gasteiger partial charge in [-0.3, -0.25) is 4.79 Å². The maximum atomic E-state index is 14.2. The van der Waals surface area contributed by atoms with E-state index in [9.17, 15) is 32.3 Å². The first-order valence-electron chi connectivity index (χ1n) is 11.8. The maximum Gasteiger partial charge on any atom is 1.00 e. The van der Waals surface area contributed by atoms with Gasteiger partial charge < -0.3 is 18.9 Å². The Morgan fingerprint density at radius 2 is 1.79 bits per heavy atom. The molecule has 0 spiro atoms. The summed E-state index contributed by atoms with van der Waals surface area (Å²) < 4.78 is 67.0. The number of ketones is 1. The summed E-state index contributed by atoms with van der Waals surface area (Å²) >= 11 is 0. The van der Waals surface area contributed by atoms with Crippen molar-refractivity contribution >= 4 is 11.8 Å². The van der Waals surface area contributed by atoms with E-state index < -0.39 is 59.5 Å². The number of aromatic nitrogens is 2. The van der Waals surface area contributed by atoms with Crippen molar-refractivity contribution in [1.82, 2.24) is 10.3 Å². The van der Waals surface area contributed by atoms with Crippen LogP contribution < -0.4 is 34.7 Å². The van der Waals surface area contributed by atoms with Crippen LogP contribution in [0.25, 0.3) is 11.5 Å². The number of carbonyl (C=O) groups is 2. The topological polar surface area (TPSA) is 109 Å². The molecule has 0 fully saturated rings. The van der Waals surface area contributed by atoms with Crippen LogP contribution in [0.15, 0.2) is 33.3 Å². The minimum Gasteiger partial charge on any atom is -0.550 e. The van der Waals surface area contributed by atoms with Crippen molar-refractivity contribution in [1.29, 1.82) is 0 Å². The molecule has 2 heterocycles. The van der Waals surface area contributed by atoms with Gasteiger partial charge in [0.05, 0.1) is 0 Å². The van der Waals surface area contributed by atoms with Gasteiger partial charge in [0.1, 0.15) is 28.6 Å². The van der Waals surface area contributed by atoms with Crippen LogP contribution in [0, 0.1) is 18.7 Å². The Labute approximate surface area is 239 Å². The van der Waals surface area contributed by atoms with Crippen LogP contribution in [-0.4, -0.2) is 22.1 Å². The molecule has 200 valence electrons. The number of carbonyl (C=O) groups excluding carboxylic acids is 2. The monoisotopic (exact) mass is 546 g/mol.